The van der Waals surface area contributed by atoms with Crippen molar-refractivity contribution in [3.8, 4) is 5.75 Å². The summed E-state index contributed by atoms with van der Waals surface area (Å²) in [7, 11) is -1.80. The van der Waals surface area contributed by atoms with E-state index in [2.05, 4.69) is 30.2 Å². The van der Waals surface area contributed by atoms with Gasteiger partial charge in [0.2, 0.25) is 10.0 Å². The van der Waals surface area contributed by atoms with E-state index in [0.29, 0.717) is 30.1 Å². The van der Waals surface area contributed by atoms with Crippen molar-refractivity contribution in [3.05, 3.63) is 30.7 Å². The van der Waals surface area contributed by atoms with Crippen LogP contribution in [-0.4, -0.2) is 40.9 Å². The largest absolute Gasteiger partial charge is 0.494 e. The number of aromatic nitrogens is 4. The predicted octanol–water partition coefficient (Wildman–Crippen LogP) is 2.01. The number of ether oxygens (including phenoxy) is 1. The van der Waals surface area contributed by atoms with Gasteiger partial charge in [-0.15, -0.1) is 0 Å². The molecule has 1 aliphatic carbocycles. The van der Waals surface area contributed by atoms with E-state index in [0.717, 1.165) is 10.9 Å². The molecule has 1 aliphatic rings. The molecule has 3 aromatic rings. The molecule has 3 N–H and O–H groups in total. The van der Waals surface area contributed by atoms with Gasteiger partial charge in [-0.3, -0.25) is 9.82 Å². The normalized spacial score (nSPS) is 14.4. The molecule has 1 aromatic carbocycles. The van der Waals surface area contributed by atoms with E-state index in [1.807, 2.05) is 12.1 Å². The molecule has 2 heterocycles. The number of anilines is 3. The van der Waals surface area contributed by atoms with E-state index in [1.54, 1.807) is 19.4 Å². The van der Waals surface area contributed by atoms with E-state index in [4.69, 9.17) is 4.74 Å². The molecule has 1 fully saturated rings. The van der Waals surface area contributed by atoms with E-state index >= 15 is 0 Å². The number of hydrogen-bond acceptors (Lipinski definition) is 7. The molecule has 0 atom stereocenters. The first kappa shape index (κ1) is 15.6. The van der Waals surface area contributed by atoms with Gasteiger partial charge in [0.15, 0.2) is 0 Å². The number of benzene rings is 1. The van der Waals surface area contributed by atoms with Gasteiger partial charge in [-0.25, -0.2) is 18.4 Å². The van der Waals surface area contributed by atoms with E-state index in [-0.39, 0.29) is 11.1 Å². The van der Waals surface area contributed by atoms with Crippen molar-refractivity contribution < 1.29 is 13.2 Å². The van der Waals surface area contributed by atoms with Crippen LogP contribution in [0.25, 0.3) is 10.9 Å². The zero-order chi connectivity index (χ0) is 17.4. The Morgan fingerprint density at radius 2 is 2.00 bits per heavy atom. The Hall–Kier alpha value is -2.88. The summed E-state index contributed by atoms with van der Waals surface area (Å²) in [6.07, 6.45) is 4.38. The van der Waals surface area contributed by atoms with Crippen molar-refractivity contribution >= 4 is 38.2 Å². The van der Waals surface area contributed by atoms with Crippen LogP contribution in [0.3, 0.4) is 0 Å². The molecule has 0 aliphatic heterocycles. The Morgan fingerprint density at radius 3 is 2.76 bits per heavy atom. The third-order valence-corrected chi connectivity index (χ3v) is 5.74. The maximum absolute atomic E-state index is 12.0. The number of aromatic amines is 1. The van der Waals surface area contributed by atoms with Crippen LogP contribution in [0, 0.1) is 0 Å². The fourth-order valence-electron chi connectivity index (χ4n) is 2.47. The number of sulfonamides is 1. The zero-order valence-corrected chi connectivity index (χ0v) is 14.2. The smallest absolute Gasteiger partial charge is 0.236 e. The number of nitrogens with zero attached hydrogens (tertiary/aromatic N) is 3. The second kappa shape index (κ2) is 5.88. The SMILES string of the molecule is COc1cc2[nH]ncc2cc1Nc1cc(NS(=O)(=O)C2CC2)ncn1. The van der Waals surface area contributed by atoms with E-state index in [9.17, 15) is 8.42 Å². The number of H-pyrrole nitrogens is 1. The van der Waals surface area contributed by atoms with E-state index < -0.39 is 10.0 Å². The molecule has 1 saturated carbocycles. The lowest BCUT2D eigenvalue weighted by Crippen LogP contribution is -2.18. The summed E-state index contributed by atoms with van der Waals surface area (Å²) in [5.41, 5.74) is 1.54. The van der Waals surface area contributed by atoms with Crippen LogP contribution in [0.4, 0.5) is 17.3 Å². The van der Waals surface area contributed by atoms with Gasteiger partial charge in [-0.1, -0.05) is 0 Å². The van der Waals surface area contributed by atoms with Gasteiger partial charge in [-0.2, -0.15) is 5.10 Å². The van der Waals surface area contributed by atoms with Gasteiger partial charge >= 0.3 is 0 Å². The Balaban J connectivity index is 1.61. The summed E-state index contributed by atoms with van der Waals surface area (Å²) in [6, 6.07) is 5.23. The highest BCUT2D eigenvalue weighted by Crippen LogP contribution is 2.32. The number of hydrogen-bond donors (Lipinski definition) is 3. The van der Waals surface area contributed by atoms with Crippen molar-refractivity contribution in [1.82, 2.24) is 20.2 Å². The van der Waals surface area contributed by atoms with Crippen molar-refractivity contribution in [3.63, 3.8) is 0 Å². The molecule has 9 nitrogen and oxygen atoms in total. The lowest BCUT2D eigenvalue weighted by molar-refractivity contribution is 0.417. The second-order valence-corrected chi connectivity index (χ2v) is 7.73. The van der Waals surface area contributed by atoms with Gasteiger partial charge in [0, 0.05) is 17.5 Å². The summed E-state index contributed by atoms with van der Waals surface area (Å²) < 4.78 is 31.9. The highest BCUT2D eigenvalue weighted by molar-refractivity contribution is 7.93. The predicted molar refractivity (Wildman–Crippen MR) is 93.5 cm³/mol. The third kappa shape index (κ3) is 3.20. The van der Waals surface area contributed by atoms with Crippen molar-refractivity contribution in [2.45, 2.75) is 18.1 Å². The Bertz CT molecular complexity index is 1030. The molecule has 0 bridgehead atoms. The van der Waals surface area contributed by atoms with Gasteiger partial charge in [0.1, 0.15) is 23.7 Å². The molecule has 0 amide bonds. The quantitative estimate of drug-likeness (QED) is 0.614. The van der Waals surface area contributed by atoms with Crippen LogP contribution in [0.15, 0.2) is 30.7 Å². The summed E-state index contributed by atoms with van der Waals surface area (Å²) in [5.74, 6) is 1.29. The fourth-order valence-corrected chi connectivity index (χ4v) is 3.79. The van der Waals surface area contributed by atoms with Crippen LogP contribution in [0.1, 0.15) is 12.8 Å². The minimum absolute atomic E-state index is 0.229. The Morgan fingerprint density at radius 1 is 1.20 bits per heavy atom. The zero-order valence-electron chi connectivity index (χ0n) is 13.4. The molecule has 4 rings (SSSR count). The average Bonchev–Trinajstić information content (AvgIpc) is 3.35. The van der Waals surface area contributed by atoms with Crippen molar-refractivity contribution in [2.75, 3.05) is 17.1 Å². The topological polar surface area (TPSA) is 122 Å². The molecule has 0 radical (unpaired) electrons. The molecule has 0 unspecified atom stereocenters. The van der Waals surface area contributed by atoms with Gasteiger partial charge in [0.05, 0.1) is 29.8 Å². The average molecular weight is 360 g/mol. The second-order valence-electron chi connectivity index (χ2n) is 5.77. The summed E-state index contributed by atoms with van der Waals surface area (Å²) in [5, 5.41) is 10.6. The van der Waals surface area contributed by atoms with Crippen molar-refractivity contribution in [1.29, 1.82) is 0 Å². The van der Waals surface area contributed by atoms with Crippen LogP contribution < -0.4 is 14.8 Å². The van der Waals surface area contributed by atoms with Crippen LogP contribution >= 0.6 is 0 Å². The monoisotopic (exact) mass is 360 g/mol. The van der Waals surface area contributed by atoms with E-state index in [1.165, 1.54) is 6.33 Å². The number of fused-ring (bicyclic) bond motifs is 1. The summed E-state index contributed by atoms with van der Waals surface area (Å²) >= 11 is 0. The maximum Gasteiger partial charge on any atom is 0.236 e. The minimum atomic E-state index is -3.37. The van der Waals surface area contributed by atoms with Gasteiger partial charge in [0.25, 0.3) is 0 Å². The Labute approximate surface area is 143 Å². The number of methoxy groups -OCH3 is 1. The standard InChI is InChI=1S/C15H16N6O3S/c1-24-13-5-11-9(7-18-20-11)4-12(13)19-14-6-15(17-8-16-14)21-25(22,23)10-2-3-10/h4-8,10H,2-3H2,1H3,(H,18,20)(H2,16,17,19,21). The minimum Gasteiger partial charge on any atom is -0.494 e. The number of rotatable bonds is 6. The first-order valence-corrected chi connectivity index (χ1v) is 9.21. The fraction of sp³-hybridized carbons (Fsp3) is 0.267. The summed E-state index contributed by atoms with van der Waals surface area (Å²) in [4.78, 5) is 8.11. The van der Waals surface area contributed by atoms with Crippen LogP contribution in [0.5, 0.6) is 5.75 Å². The molecular formula is C15H16N6O3S. The third-order valence-electron chi connectivity index (χ3n) is 3.90. The summed E-state index contributed by atoms with van der Waals surface area (Å²) in [6.45, 7) is 0. The molecule has 130 valence electrons. The molecule has 0 spiro atoms. The molecule has 0 saturated heterocycles. The lowest BCUT2D eigenvalue weighted by Gasteiger charge is -2.12. The first-order chi connectivity index (χ1) is 12.0. The highest BCUT2D eigenvalue weighted by atomic mass is 32.2. The van der Waals surface area contributed by atoms with Crippen molar-refractivity contribution in [2.24, 2.45) is 0 Å². The molecule has 25 heavy (non-hydrogen) atoms. The van der Waals surface area contributed by atoms with Gasteiger partial charge in [-0.05, 0) is 18.9 Å². The molecular weight excluding hydrogens is 344 g/mol. The maximum atomic E-state index is 12.0. The first-order valence-electron chi connectivity index (χ1n) is 7.67. The Kier molecular flexibility index (Phi) is 3.68. The lowest BCUT2D eigenvalue weighted by atomic mass is 10.2. The molecule has 10 heteroatoms. The van der Waals surface area contributed by atoms with Gasteiger partial charge < -0.3 is 10.1 Å². The number of nitrogens with one attached hydrogen (secondary N) is 3. The highest BCUT2D eigenvalue weighted by Gasteiger charge is 2.36. The molecule has 2 aromatic heterocycles. The van der Waals surface area contributed by atoms with Crippen LogP contribution in [-0.2, 0) is 10.0 Å². The van der Waals surface area contributed by atoms with Crippen LogP contribution in [0.2, 0.25) is 0 Å².